The summed E-state index contributed by atoms with van der Waals surface area (Å²) < 4.78 is 4.46. The van der Waals surface area contributed by atoms with Gasteiger partial charge in [0.1, 0.15) is 0 Å². The zero-order chi connectivity index (χ0) is 17.5. The van der Waals surface area contributed by atoms with E-state index >= 15 is 0 Å². The standard InChI is InChI=1S/C16H22BN3O4/c1-17(23)20-10-8-13(9-11-20)14(12-6-4-3-5-7-12)15(21)18-19-16(22)24-2/h3-7,23H,8-11H2,1-2H3,(H,18,21)(H,19,22). The molecule has 2 rings (SSSR count). The third-order valence-electron chi connectivity index (χ3n) is 4.04. The highest BCUT2D eigenvalue weighted by atomic mass is 16.5. The minimum atomic E-state index is -0.732. The maximum Gasteiger partial charge on any atom is 0.425 e. The second kappa shape index (κ2) is 8.51. The summed E-state index contributed by atoms with van der Waals surface area (Å²) in [5.74, 6) is -0.382. The van der Waals surface area contributed by atoms with Gasteiger partial charge in [0, 0.05) is 5.57 Å². The minimum absolute atomic E-state index is 0.382. The number of ether oxygens (including phenoxy) is 1. The normalized spacial score (nSPS) is 14.7. The molecule has 0 bridgehead atoms. The van der Waals surface area contributed by atoms with Crippen LogP contribution in [0, 0.1) is 0 Å². The van der Waals surface area contributed by atoms with Crippen LogP contribution < -0.4 is 10.9 Å². The Labute approximate surface area is 141 Å². The number of nitrogens with zero attached hydrogens (tertiary/aromatic N) is 1. The van der Waals surface area contributed by atoms with E-state index in [1.165, 1.54) is 7.11 Å². The fourth-order valence-corrected chi connectivity index (χ4v) is 2.74. The molecule has 0 spiro atoms. The van der Waals surface area contributed by atoms with E-state index in [4.69, 9.17) is 0 Å². The molecule has 0 aliphatic carbocycles. The van der Waals surface area contributed by atoms with Crippen molar-refractivity contribution in [3.63, 3.8) is 0 Å². The van der Waals surface area contributed by atoms with Crippen LogP contribution in [0.1, 0.15) is 18.4 Å². The molecule has 7 nitrogen and oxygen atoms in total. The van der Waals surface area contributed by atoms with Gasteiger partial charge in [0.2, 0.25) is 0 Å². The second-order valence-corrected chi connectivity index (χ2v) is 5.58. The molecule has 0 atom stereocenters. The molecule has 1 saturated heterocycles. The quantitative estimate of drug-likeness (QED) is 0.437. The van der Waals surface area contributed by atoms with E-state index in [0.29, 0.717) is 31.5 Å². The van der Waals surface area contributed by atoms with Gasteiger partial charge in [-0.15, -0.1) is 0 Å². The molecule has 0 unspecified atom stereocenters. The molecule has 0 radical (unpaired) electrons. The van der Waals surface area contributed by atoms with E-state index in [-0.39, 0.29) is 5.91 Å². The first-order valence-electron chi connectivity index (χ1n) is 7.86. The third kappa shape index (κ3) is 4.59. The number of hydrazine groups is 1. The largest absolute Gasteiger partial charge is 0.452 e. The minimum Gasteiger partial charge on any atom is -0.452 e. The molecule has 2 amide bonds. The molecule has 1 aliphatic heterocycles. The van der Waals surface area contributed by atoms with Crippen molar-refractivity contribution in [2.45, 2.75) is 19.7 Å². The van der Waals surface area contributed by atoms with Gasteiger partial charge in [-0.25, -0.2) is 10.2 Å². The van der Waals surface area contributed by atoms with Crippen molar-refractivity contribution in [2.24, 2.45) is 0 Å². The Kier molecular flexibility index (Phi) is 6.40. The Morgan fingerprint density at radius 1 is 1.17 bits per heavy atom. The van der Waals surface area contributed by atoms with Crippen LogP contribution in [0.4, 0.5) is 4.79 Å². The summed E-state index contributed by atoms with van der Waals surface area (Å²) in [6.07, 6.45) is 0.631. The van der Waals surface area contributed by atoms with Crippen LogP contribution in [0.2, 0.25) is 6.82 Å². The summed E-state index contributed by atoms with van der Waals surface area (Å²) in [4.78, 5) is 25.7. The Hall–Kier alpha value is -2.32. The maximum absolute atomic E-state index is 12.6. The molecule has 24 heavy (non-hydrogen) atoms. The summed E-state index contributed by atoms with van der Waals surface area (Å²) >= 11 is 0. The zero-order valence-corrected chi connectivity index (χ0v) is 13.9. The van der Waals surface area contributed by atoms with E-state index in [1.54, 1.807) is 6.82 Å². The summed E-state index contributed by atoms with van der Waals surface area (Å²) in [7, 11) is 0.727. The molecular formula is C16H22BN3O4. The number of hydrogen-bond acceptors (Lipinski definition) is 5. The van der Waals surface area contributed by atoms with Crippen molar-refractivity contribution >= 4 is 24.6 Å². The first-order chi connectivity index (χ1) is 11.5. The molecule has 1 aliphatic rings. The average molecular weight is 331 g/mol. The number of methoxy groups -OCH3 is 1. The highest BCUT2D eigenvalue weighted by molar-refractivity contribution is 6.45. The van der Waals surface area contributed by atoms with Crippen LogP contribution in [-0.4, -0.2) is 49.1 Å². The number of carbonyl (C=O) groups is 2. The average Bonchev–Trinajstić information content (AvgIpc) is 2.61. The van der Waals surface area contributed by atoms with Crippen LogP contribution in [0.25, 0.3) is 5.57 Å². The van der Waals surface area contributed by atoms with Gasteiger partial charge in [0.15, 0.2) is 0 Å². The molecule has 128 valence electrons. The van der Waals surface area contributed by atoms with Gasteiger partial charge in [0.05, 0.1) is 7.11 Å². The number of hydrogen-bond donors (Lipinski definition) is 3. The summed E-state index contributed by atoms with van der Waals surface area (Å²) in [5, 5.41) is 9.67. The Balaban J connectivity index is 2.22. The fourth-order valence-electron chi connectivity index (χ4n) is 2.74. The number of benzene rings is 1. The van der Waals surface area contributed by atoms with Gasteiger partial charge in [-0.1, -0.05) is 35.9 Å². The molecule has 1 heterocycles. The molecule has 8 heteroatoms. The molecule has 1 fully saturated rings. The van der Waals surface area contributed by atoms with Crippen molar-refractivity contribution in [1.82, 2.24) is 15.7 Å². The van der Waals surface area contributed by atoms with E-state index in [2.05, 4.69) is 15.6 Å². The lowest BCUT2D eigenvalue weighted by Crippen LogP contribution is -2.43. The molecule has 1 aromatic rings. The predicted octanol–water partition coefficient (Wildman–Crippen LogP) is 1.03. The molecule has 0 aromatic heterocycles. The third-order valence-corrected chi connectivity index (χ3v) is 4.04. The summed E-state index contributed by atoms with van der Waals surface area (Å²) in [6, 6.07) is 9.33. The fraction of sp³-hybridized carbons (Fsp3) is 0.375. The topological polar surface area (TPSA) is 90.9 Å². The highest BCUT2D eigenvalue weighted by Crippen LogP contribution is 2.27. The predicted molar refractivity (Wildman–Crippen MR) is 91.7 cm³/mol. The van der Waals surface area contributed by atoms with E-state index < -0.39 is 13.1 Å². The van der Waals surface area contributed by atoms with Crippen molar-refractivity contribution in [1.29, 1.82) is 0 Å². The number of nitrogens with one attached hydrogen (secondary N) is 2. The summed E-state index contributed by atoms with van der Waals surface area (Å²) in [6.45, 7) is 3.10. The summed E-state index contributed by atoms with van der Waals surface area (Å²) in [5.41, 5.74) is 6.93. The Bertz CT molecular complexity index is 609. The Morgan fingerprint density at radius 3 is 2.33 bits per heavy atom. The van der Waals surface area contributed by atoms with Crippen molar-refractivity contribution in [2.75, 3.05) is 20.2 Å². The molecular weight excluding hydrogens is 309 g/mol. The van der Waals surface area contributed by atoms with Crippen molar-refractivity contribution in [3.05, 3.63) is 41.5 Å². The van der Waals surface area contributed by atoms with Crippen LogP contribution in [0.15, 0.2) is 35.9 Å². The lowest BCUT2D eigenvalue weighted by atomic mass is 9.81. The van der Waals surface area contributed by atoms with Gasteiger partial charge < -0.3 is 14.6 Å². The van der Waals surface area contributed by atoms with Gasteiger partial charge in [0.25, 0.3) is 5.91 Å². The zero-order valence-electron chi connectivity index (χ0n) is 13.9. The van der Waals surface area contributed by atoms with Crippen LogP contribution >= 0.6 is 0 Å². The van der Waals surface area contributed by atoms with Gasteiger partial charge >= 0.3 is 13.1 Å². The molecule has 0 saturated carbocycles. The maximum atomic E-state index is 12.6. The SMILES string of the molecule is COC(=O)NNC(=O)C(=C1CCN(B(C)O)CC1)c1ccccc1. The van der Waals surface area contributed by atoms with E-state index in [9.17, 15) is 14.6 Å². The first kappa shape index (κ1) is 18.0. The first-order valence-corrected chi connectivity index (χ1v) is 7.86. The smallest absolute Gasteiger partial charge is 0.425 e. The second-order valence-electron chi connectivity index (χ2n) is 5.58. The number of piperidine rings is 1. The number of carbonyl (C=O) groups excluding carboxylic acids is 2. The van der Waals surface area contributed by atoms with E-state index in [0.717, 1.165) is 11.1 Å². The molecule has 1 aromatic carbocycles. The Morgan fingerprint density at radius 2 is 1.79 bits per heavy atom. The lowest BCUT2D eigenvalue weighted by Gasteiger charge is -2.30. The van der Waals surface area contributed by atoms with Gasteiger partial charge in [-0.3, -0.25) is 10.2 Å². The van der Waals surface area contributed by atoms with E-state index in [1.807, 2.05) is 35.1 Å². The number of rotatable bonds is 3. The van der Waals surface area contributed by atoms with Crippen LogP contribution in [-0.2, 0) is 9.53 Å². The van der Waals surface area contributed by atoms with Crippen LogP contribution in [0.5, 0.6) is 0 Å². The van der Waals surface area contributed by atoms with Gasteiger partial charge in [-0.2, -0.15) is 0 Å². The number of amides is 2. The highest BCUT2D eigenvalue weighted by Gasteiger charge is 2.25. The van der Waals surface area contributed by atoms with Crippen LogP contribution in [0.3, 0.4) is 0 Å². The van der Waals surface area contributed by atoms with Crippen molar-refractivity contribution < 1.29 is 19.3 Å². The lowest BCUT2D eigenvalue weighted by molar-refractivity contribution is -0.116. The van der Waals surface area contributed by atoms with Crippen molar-refractivity contribution in [3.8, 4) is 0 Å². The van der Waals surface area contributed by atoms with Gasteiger partial charge in [-0.05, 0) is 38.3 Å². The molecule has 3 N–H and O–H groups in total. The monoisotopic (exact) mass is 331 g/mol.